The van der Waals surface area contributed by atoms with Crippen LogP contribution in [0.15, 0.2) is 0 Å². The Hall–Kier alpha value is -0.0800. The maximum absolute atomic E-state index is 9.28. The highest BCUT2D eigenvalue weighted by Crippen LogP contribution is 2.36. The van der Waals surface area contributed by atoms with E-state index in [-0.39, 0.29) is 5.54 Å². The van der Waals surface area contributed by atoms with Crippen LogP contribution in [0.2, 0.25) is 0 Å². The summed E-state index contributed by atoms with van der Waals surface area (Å²) in [6.45, 7) is 5.87. The summed E-state index contributed by atoms with van der Waals surface area (Å²) < 4.78 is 0. The lowest BCUT2D eigenvalue weighted by molar-refractivity contribution is -0.0183. The minimum absolute atomic E-state index is 0.143. The Morgan fingerprint density at radius 3 is 2.25 bits per heavy atom. The van der Waals surface area contributed by atoms with Gasteiger partial charge in [0.2, 0.25) is 0 Å². The topological polar surface area (TPSA) is 23.5 Å². The summed E-state index contributed by atoms with van der Waals surface area (Å²) in [6, 6.07) is 0. The highest BCUT2D eigenvalue weighted by molar-refractivity contribution is 4.96. The van der Waals surface area contributed by atoms with E-state index in [9.17, 15) is 5.11 Å². The molecule has 0 aromatic heterocycles. The first-order chi connectivity index (χ1) is 5.60. The van der Waals surface area contributed by atoms with Gasteiger partial charge >= 0.3 is 0 Å². The minimum Gasteiger partial charge on any atom is -0.394 e. The summed E-state index contributed by atoms with van der Waals surface area (Å²) in [5.41, 5.74) is 0.143. The third-order valence-corrected chi connectivity index (χ3v) is 3.03. The van der Waals surface area contributed by atoms with Gasteiger partial charge in [0.15, 0.2) is 0 Å². The fourth-order valence-corrected chi connectivity index (χ4v) is 1.99. The molecule has 1 aliphatic carbocycles. The third kappa shape index (κ3) is 1.80. The molecule has 0 bridgehead atoms. The maximum atomic E-state index is 9.28. The van der Waals surface area contributed by atoms with Crippen molar-refractivity contribution < 1.29 is 5.11 Å². The molecule has 2 heteroatoms. The normalized spacial score (nSPS) is 21.5. The van der Waals surface area contributed by atoms with Crippen molar-refractivity contribution in [2.24, 2.45) is 5.92 Å². The zero-order valence-corrected chi connectivity index (χ0v) is 8.51. The van der Waals surface area contributed by atoms with Crippen LogP contribution < -0.4 is 0 Å². The molecule has 0 amide bonds. The summed E-state index contributed by atoms with van der Waals surface area (Å²) in [5, 5.41) is 9.28. The molecule has 0 aliphatic heterocycles. The molecule has 0 unspecified atom stereocenters. The molecule has 1 saturated carbocycles. The molecule has 0 atom stereocenters. The summed E-state index contributed by atoms with van der Waals surface area (Å²) >= 11 is 0. The molecule has 0 radical (unpaired) electrons. The molecule has 0 spiro atoms. The number of hydrogen-bond donors (Lipinski definition) is 1. The van der Waals surface area contributed by atoms with Crippen molar-refractivity contribution in [3.63, 3.8) is 0 Å². The van der Waals surface area contributed by atoms with E-state index in [0.29, 0.717) is 12.5 Å². The second-order valence-electron chi connectivity index (χ2n) is 4.51. The van der Waals surface area contributed by atoms with Crippen molar-refractivity contribution in [2.75, 3.05) is 20.2 Å². The molecule has 0 heterocycles. The molecule has 1 N–H and O–H groups in total. The van der Waals surface area contributed by atoms with E-state index in [1.54, 1.807) is 0 Å². The van der Waals surface area contributed by atoms with Gasteiger partial charge in [-0.1, -0.05) is 13.8 Å². The lowest BCUT2D eigenvalue weighted by atomic mass is 9.76. The van der Waals surface area contributed by atoms with Gasteiger partial charge in [0.25, 0.3) is 0 Å². The molecular formula is C10H21NO. The van der Waals surface area contributed by atoms with E-state index < -0.39 is 0 Å². The average molecular weight is 171 g/mol. The second kappa shape index (κ2) is 3.75. The Kier molecular flexibility index (Phi) is 3.13. The van der Waals surface area contributed by atoms with Gasteiger partial charge in [-0.05, 0) is 32.2 Å². The minimum atomic E-state index is 0.143. The zero-order valence-electron chi connectivity index (χ0n) is 8.51. The molecule has 1 aliphatic rings. The molecule has 72 valence electrons. The van der Waals surface area contributed by atoms with Gasteiger partial charge in [-0.2, -0.15) is 0 Å². The Bertz CT molecular complexity index is 135. The molecule has 0 saturated heterocycles. The van der Waals surface area contributed by atoms with Crippen LogP contribution in [0.5, 0.6) is 0 Å². The van der Waals surface area contributed by atoms with Crippen molar-refractivity contribution >= 4 is 0 Å². The lowest BCUT2D eigenvalue weighted by Gasteiger charge is -2.48. The van der Waals surface area contributed by atoms with E-state index in [2.05, 4.69) is 25.8 Å². The highest BCUT2D eigenvalue weighted by Gasteiger charge is 2.39. The van der Waals surface area contributed by atoms with Gasteiger partial charge in [0.05, 0.1) is 6.61 Å². The largest absolute Gasteiger partial charge is 0.394 e. The summed E-state index contributed by atoms with van der Waals surface area (Å²) in [4.78, 5) is 2.33. The molecule has 12 heavy (non-hydrogen) atoms. The van der Waals surface area contributed by atoms with Crippen LogP contribution in [0, 0.1) is 5.92 Å². The summed E-state index contributed by atoms with van der Waals surface area (Å²) in [5.74, 6) is 0.694. The van der Waals surface area contributed by atoms with E-state index in [4.69, 9.17) is 0 Å². The van der Waals surface area contributed by atoms with Crippen molar-refractivity contribution in [1.29, 1.82) is 0 Å². The summed E-state index contributed by atoms with van der Waals surface area (Å²) in [6.07, 6.45) is 3.63. The first kappa shape index (κ1) is 10.0. The Morgan fingerprint density at radius 1 is 1.42 bits per heavy atom. The van der Waals surface area contributed by atoms with Crippen LogP contribution in [0.4, 0.5) is 0 Å². The smallest absolute Gasteiger partial charge is 0.0615 e. The molecule has 0 aromatic carbocycles. The lowest BCUT2D eigenvalue weighted by Crippen LogP contribution is -2.55. The Morgan fingerprint density at radius 2 is 2.00 bits per heavy atom. The number of aliphatic hydroxyl groups excluding tert-OH is 1. The molecule has 2 nitrogen and oxygen atoms in total. The van der Waals surface area contributed by atoms with Crippen molar-refractivity contribution in [2.45, 2.75) is 38.6 Å². The van der Waals surface area contributed by atoms with Crippen molar-refractivity contribution in [3.8, 4) is 0 Å². The number of likely N-dealkylation sites (N-methyl/N-ethyl adjacent to an activating group) is 1. The first-order valence-electron chi connectivity index (χ1n) is 4.93. The monoisotopic (exact) mass is 171 g/mol. The van der Waals surface area contributed by atoms with Crippen LogP contribution in [-0.4, -0.2) is 35.7 Å². The maximum Gasteiger partial charge on any atom is 0.0615 e. The van der Waals surface area contributed by atoms with Gasteiger partial charge in [0.1, 0.15) is 0 Å². The van der Waals surface area contributed by atoms with Gasteiger partial charge < -0.3 is 5.11 Å². The van der Waals surface area contributed by atoms with E-state index in [1.807, 2.05) is 0 Å². The fourth-order valence-electron chi connectivity index (χ4n) is 1.99. The Balaban J connectivity index is 2.43. The predicted molar refractivity (Wildman–Crippen MR) is 51.1 cm³/mol. The molecular weight excluding hydrogens is 150 g/mol. The van der Waals surface area contributed by atoms with Crippen LogP contribution in [0.3, 0.4) is 0 Å². The van der Waals surface area contributed by atoms with Crippen LogP contribution in [0.25, 0.3) is 0 Å². The van der Waals surface area contributed by atoms with Crippen LogP contribution in [-0.2, 0) is 0 Å². The fraction of sp³-hybridized carbons (Fsp3) is 1.00. The first-order valence-corrected chi connectivity index (χ1v) is 4.93. The quantitative estimate of drug-likeness (QED) is 0.692. The van der Waals surface area contributed by atoms with E-state index in [0.717, 1.165) is 6.54 Å². The predicted octanol–water partition coefficient (Wildman–Crippen LogP) is 1.49. The average Bonchev–Trinajstić information content (AvgIpc) is 1.83. The van der Waals surface area contributed by atoms with Crippen molar-refractivity contribution in [3.05, 3.63) is 0 Å². The number of rotatable bonds is 4. The van der Waals surface area contributed by atoms with Gasteiger partial charge in [-0.25, -0.2) is 0 Å². The van der Waals surface area contributed by atoms with E-state index >= 15 is 0 Å². The highest BCUT2D eigenvalue weighted by atomic mass is 16.3. The number of hydrogen-bond acceptors (Lipinski definition) is 2. The summed E-state index contributed by atoms with van der Waals surface area (Å²) in [7, 11) is 2.13. The van der Waals surface area contributed by atoms with Crippen molar-refractivity contribution in [1.82, 2.24) is 4.90 Å². The third-order valence-electron chi connectivity index (χ3n) is 3.03. The zero-order chi connectivity index (χ0) is 9.19. The van der Waals surface area contributed by atoms with Gasteiger partial charge in [0, 0.05) is 12.1 Å². The van der Waals surface area contributed by atoms with Crippen LogP contribution in [0.1, 0.15) is 33.1 Å². The van der Waals surface area contributed by atoms with Crippen LogP contribution >= 0.6 is 0 Å². The SMILES string of the molecule is CC(C)CN(C)C1(CO)CCC1. The molecule has 1 fully saturated rings. The standard InChI is InChI=1S/C10H21NO/c1-9(2)7-11(3)10(8-12)5-4-6-10/h9,12H,4-8H2,1-3H3. The van der Waals surface area contributed by atoms with Gasteiger partial charge in [-0.3, -0.25) is 4.90 Å². The van der Waals surface area contributed by atoms with E-state index in [1.165, 1.54) is 19.3 Å². The number of nitrogens with zero attached hydrogens (tertiary/aromatic N) is 1. The molecule has 0 aromatic rings. The Labute approximate surface area is 75.6 Å². The number of aliphatic hydroxyl groups is 1. The molecule has 1 rings (SSSR count). The second-order valence-corrected chi connectivity index (χ2v) is 4.51. The van der Waals surface area contributed by atoms with Gasteiger partial charge in [-0.15, -0.1) is 0 Å².